The number of rotatable bonds is 2. The van der Waals surface area contributed by atoms with Crippen LogP contribution in [0.3, 0.4) is 0 Å². The van der Waals surface area contributed by atoms with Gasteiger partial charge in [-0.15, -0.1) is 0 Å². The highest BCUT2D eigenvalue weighted by molar-refractivity contribution is 5.97. The molecule has 2 aromatic rings. The molecule has 2 N–H and O–H groups in total. The van der Waals surface area contributed by atoms with Gasteiger partial charge in [0.2, 0.25) is 5.91 Å². The Morgan fingerprint density at radius 2 is 2.05 bits per heavy atom. The Morgan fingerprint density at radius 3 is 2.85 bits per heavy atom. The van der Waals surface area contributed by atoms with Crippen LogP contribution in [0.1, 0.15) is 0 Å². The molecule has 1 aliphatic rings. The number of hydrogen-bond acceptors (Lipinski definition) is 3. The molecule has 0 aromatic heterocycles. The van der Waals surface area contributed by atoms with Crippen LogP contribution in [0.5, 0.6) is 0 Å². The molecule has 0 saturated carbocycles. The van der Waals surface area contributed by atoms with E-state index in [1.165, 1.54) is 5.39 Å². The first-order valence-electron chi connectivity index (χ1n) is 6.94. The van der Waals surface area contributed by atoms with Crippen molar-refractivity contribution < 1.29 is 4.79 Å². The third-order valence-corrected chi connectivity index (χ3v) is 3.71. The average Bonchev–Trinajstić information content (AvgIpc) is 2.47. The van der Waals surface area contributed by atoms with Gasteiger partial charge in [0.15, 0.2) is 0 Å². The molecule has 1 saturated heterocycles. The van der Waals surface area contributed by atoms with Crippen LogP contribution in [0.25, 0.3) is 10.8 Å². The van der Waals surface area contributed by atoms with Gasteiger partial charge in [-0.05, 0) is 30.0 Å². The molecule has 2 aromatic carbocycles. The Labute approximate surface area is 118 Å². The zero-order valence-corrected chi connectivity index (χ0v) is 11.6. The Hall–Kier alpha value is -1.91. The van der Waals surface area contributed by atoms with Gasteiger partial charge in [-0.25, -0.2) is 0 Å². The summed E-state index contributed by atoms with van der Waals surface area (Å²) >= 11 is 0. The van der Waals surface area contributed by atoms with Gasteiger partial charge in [-0.1, -0.05) is 30.3 Å². The number of likely N-dealkylation sites (N-methyl/N-ethyl adjacent to an activating group) is 1. The minimum Gasteiger partial charge on any atom is -0.325 e. The van der Waals surface area contributed by atoms with Crippen molar-refractivity contribution in [2.24, 2.45) is 0 Å². The van der Waals surface area contributed by atoms with E-state index in [1.54, 1.807) is 0 Å². The Bertz CT molecular complexity index is 626. The van der Waals surface area contributed by atoms with Crippen LogP contribution < -0.4 is 10.6 Å². The van der Waals surface area contributed by atoms with E-state index in [9.17, 15) is 4.79 Å². The largest absolute Gasteiger partial charge is 0.325 e. The zero-order chi connectivity index (χ0) is 13.9. The Balaban J connectivity index is 1.73. The fraction of sp³-hybridized carbons (Fsp3) is 0.312. The van der Waals surface area contributed by atoms with E-state index < -0.39 is 0 Å². The number of benzene rings is 2. The second-order valence-electron chi connectivity index (χ2n) is 5.32. The van der Waals surface area contributed by atoms with Crippen molar-refractivity contribution in [2.75, 3.05) is 32.0 Å². The third-order valence-electron chi connectivity index (χ3n) is 3.71. The number of fused-ring (bicyclic) bond motifs is 1. The molecule has 1 fully saturated rings. The summed E-state index contributed by atoms with van der Waals surface area (Å²) in [4.78, 5) is 14.4. The first-order valence-corrected chi connectivity index (χ1v) is 6.94. The molecule has 1 amide bonds. The lowest BCUT2D eigenvalue weighted by molar-refractivity contribution is -0.119. The van der Waals surface area contributed by atoms with Crippen LogP contribution in [0.4, 0.5) is 5.69 Å². The minimum absolute atomic E-state index is 0.0341. The second-order valence-corrected chi connectivity index (χ2v) is 5.32. The predicted molar refractivity (Wildman–Crippen MR) is 81.9 cm³/mol. The number of nitrogens with one attached hydrogen (secondary N) is 2. The maximum atomic E-state index is 12.2. The van der Waals surface area contributed by atoms with Crippen LogP contribution in [0, 0.1) is 0 Å². The molecule has 0 aliphatic carbocycles. The molecule has 104 valence electrons. The standard InChI is InChI=1S/C16H19N3O/c1-19-9-8-17-15(11-19)16(20)18-14-7-6-12-4-2-3-5-13(12)10-14/h2-7,10,15,17H,8-9,11H2,1H3,(H,18,20). The van der Waals surface area contributed by atoms with Crippen molar-refractivity contribution in [3.8, 4) is 0 Å². The monoisotopic (exact) mass is 269 g/mol. The van der Waals surface area contributed by atoms with Gasteiger partial charge in [0.1, 0.15) is 0 Å². The van der Waals surface area contributed by atoms with E-state index in [1.807, 2.05) is 37.4 Å². The molecule has 4 nitrogen and oxygen atoms in total. The van der Waals surface area contributed by atoms with Crippen molar-refractivity contribution in [2.45, 2.75) is 6.04 Å². The summed E-state index contributed by atoms with van der Waals surface area (Å²) < 4.78 is 0. The van der Waals surface area contributed by atoms with E-state index in [0.717, 1.165) is 30.7 Å². The maximum absolute atomic E-state index is 12.2. The summed E-state index contributed by atoms with van der Waals surface area (Å²) in [6, 6.07) is 14.0. The smallest absolute Gasteiger partial charge is 0.242 e. The van der Waals surface area contributed by atoms with E-state index >= 15 is 0 Å². The molecule has 1 aliphatic heterocycles. The Kier molecular flexibility index (Phi) is 3.67. The summed E-state index contributed by atoms with van der Waals surface area (Å²) in [5.41, 5.74) is 0.851. The highest BCUT2D eigenvalue weighted by atomic mass is 16.2. The summed E-state index contributed by atoms with van der Waals surface area (Å²) in [7, 11) is 2.04. The van der Waals surface area contributed by atoms with Crippen molar-refractivity contribution in [3.05, 3.63) is 42.5 Å². The maximum Gasteiger partial charge on any atom is 0.242 e. The second kappa shape index (κ2) is 5.61. The molecule has 3 rings (SSSR count). The number of anilines is 1. The topological polar surface area (TPSA) is 44.4 Å². The van der Waals surface area contributed by atoms with Crippen LogP contribution in [0.2, 0.25) is 0 Å². The number of nitrogens with zero attached hydrogens (tertiary/aromatic N) is 1. The van der Waals surface area contributed by atoms with E-state index in [0.29, 0.717) is 0 Å². The van der Waals surface area contributed by atoms with E-state index in [2.05, 4.69) is 27.7 Å². The highest BCUT2D eigenvalue weighted by Gasteiger charge is 2.23. The number of hydrogen-bond donors (Lipinski definition) is 2. The summed E-state index contributed by atoms with van der Waals surface area (Å²) in [6.45, 7) is 2.59. The molecule has 0 bridgehead atoms. The van der Waals surface area contributed by atoms with Gasteiger partial charge >= 0.3 is 0 Å². The molecular weight excluding hydrogens is 250 g/mol. The average molecular weight is 269 g/mol. The fourth-order valence-corrected chi connectivity index (χ4v) is 2.57. The lowest BCUT2D eigenvalue weighted by Crippen LogP contribution is -2.54. The minimum atomic E-state index is -0.139. The highest BCUT2D eigenvalue weighted by Crippen LogP contribution is 2.19. The number of amides is 1. The zero-order valence-electron chi connectivity index (χ0n) is 11.6. The van der Waals surface area contributed by atoms with Crippen LogP contribution in [-0.2, 0) is 4.79 Å². The number of carbonyl (C=O) groups is 1. The first-order chi connectivity index (χ1) is 9.72. The summed E-state index contributed by atoms with van der Waals surface area (Å²) in [5, 5.41) is 8.57. The quantitative estimate of drug-likeness (QED) is 0.872. The van der Waals surface area contributed by atoms with Gasteiger partial charge in [-0.2, -0.15) is 0 Å². The lowest BCUT2D eigenvalue weighted by atomic mass is 10.1. The summed E-state index contributed by atoms with van der Waals surface area (Å²) in [5.74, 6) is 0.0341. The number of piperazine rings is 1. The number of carbonyl (C=O) groups excluding carboxylic acids is 1. The predicted octanol–water partition coefficient (Wildman–Crippen LogP) is 1.68. The van der Waals surface area contributed by atoms with Crippen molar-refractivity contribution in [1.82, 2.24) is 10.2 Å². The molecular formula is C16H19N3O. The van der Waals surface area contributed by atoms with Gasteiger partial charge in [0.05, 0.1) is 6.04 Å². The Morgan fingerprint density at radius 1 is 1.25 bits per heavy atom. The SMILES string of the molecule is CN1CCNC(C(=O)Nc2ccc3ccccc3c2)C1. The van der Waals surface area contributed by atoms with Crippen LogP contribution in [0.15, 0.2) is 42.5 Å². The fourth-order valence-electron chi connectivity index (χ4n) is 2.57. The van der Waals surface area contributed by atoms with Gasteiger partial charge in [0, 0.05) is 25.3 Å². The van der Waals surface area contributed by atoms with Gasteiger partial charge < -0.3 is 15.5 Å². The molecule has 1 unspecified atom stereocenters. The van der Waals surface area contributed by atoms with Crippen molar-refractivity contribution in [1.29, 1.82) is 0 Å². The normalized spacial score (nSPS) is 19.9. The molecule has 0 radical (unpaired) electrons. The van der Waals surface area contributed by atoms with Crippen molar-refractivity contribution in [3.63, 3.8) is 0 Å². The van der Waals surface area contributed by atoms with Gasteiger partial charge in [-0.3, -0.25) is 4.79 Å². The van der Waals surface area contributed by atoms with Gasteiger partial charge in [0.25, 0.3) is 0 Å². The van der Waals surface area contributed by atoms with E-state index in [4.69, 9.17) is 0 Å². The first kappa shape index (κ1) is 13.1. The molecule has 0 spiro atoms. The van der Waals surface area contributed by atoms with Crippen LogP contribution >= 0.6 is 0 Å². The van der Waals surface area contributed by atoms with Crippen LogP contribution in [-0.4, -0.2) is 43.5 Å². The van der Waals surface area contributed by atoms with E-state index in [-0.39, 0.29) is 11.9 Å². The third kappa shape index (κ3) is 2.81. The molecule has 1 atom stereocenters. The lowest BCUT2D eigenvalue weighted by Gasteiger charge is -2.29. The molecule has 20 heavy (non-hydrogen) atoms. The summed E-state index contributed by atoms with van der Waals surface area (Å²) in [6.07, 6.45) is 0. The molecule has 4 heteroatoms. The molecule has 1 heterocycles. The van der Waals surface area contributed by atoms with Crippen molar-refractivity contribution >= 4 is 22.4 Å².